The Balaban J connectivity index is 1.82. The minimum Gasteiger partial charge on any atom is -0.388 e. The molecule has 1 unspecified atom stereocenters. The maximum absolute atomic E-state index is 12.2. The molecule has 1 aliphatic heterocycles. The Kier molecular flexibility index (Phi) is 5.45. The maximum Gasteiger partial charge on any atom is 0.314 e. The molecule has 1 saturated carbocycles. The molecule has 2 aliphatic rings. The van der Waals surface area contributed by atoms with Gasteiger partial charge in [-0.2, -0.15) is 0 Å². The van der Waals surface area contributed by atoms with Crippen molar-refractivity contribution in [1.29, 1.82) is 0 Å². The zero-order valence-corrected chi connectivity index (χ0v) is 12.6. The molecule has 0 aromatic heterocycles. The lowest BCUT2D eigenvalue weighted by molar-refractivity contribution is -0.127. The van der Waals surface area contributed by atoms with Gasteiger partial charge in [0.1, 0.15) is 0 Å². The topological polar surface area (TPSA) is 95.7 Å². The van der Waals surface area contributed by atoms with Crippen molar-refractivity contribution < 1.29 is 14.7 Å². The SMILES string of the molecule is NC(=O)N1CCCC(C(=O)NCC2(O)CCCCCC2)C1. The van der Waals surface area contributed by atoms with Crippen LogP contribution in [0.25, 0.3) is 0 Å². The van der Waals surface area contributed by atoms with E-state index in [9.17, 15) is 14.7 Å². The molecule has 3 amide bonds. The number of amides is 3. The minimum atomic E-state index is -0.760. The number of nitrogens with one attached hydrogen (secondary N) is 1. The molecule has 0 bridgehead atoms. The molecule has 1 aliphatic carbocycles. The molecule has 1 atom stereocenters. The van der Waals surface area contributed by atoms with E-state index in [1.807, 2.05) is 0 Å². The second kappa shape index (κ2) is 7.11. The van der Waals surface area contributed by atoms with Gasteiger partial charge in [-0.1, -0.05) is 25.7 Å². The fourth-order valence-electron chi connectivity index (χ4n) is 3.35. The third-order valence-electron chi connectivity index (χ3n) is 4.73. The first kappa shape index (κ1) is 16.1. The van der Waals surface area contributed by atoms with Gasteiger partial charge in [0.05, 0.1) is 11.5 Å². The van der Waals surface area contributed by atoms with Crippen LogP contribution in [0.1, 0.15) is 51.4 Å². The lowest BCUT2D eigenvalue weighted by atomic mass is 9.93. The number of rotatable bonds is 3. The number of hydrogen-bond donors (Lipinski definition) is 3. The summed E-state index contributed by atoms with van der Waals surface area (Å²) in [5.74, 6) is -0.278. The zero-order valence-electron chi connectivity index (χ0n) is 12.6. The number of carbonyl (C=O) groups excluding carboxylic acids is 2. The molecule has 6 nitrogen and oxygen atoms in total. The number of nitrogens with zero attached hydrogens (tertiary/aromatic N) is 1. The van der Waals surface area contributed by atoms with Crippen LogP contribution in [-0.2, 0) is 4.79 Å². The van der Waals surface area contributed by atoms with E-state index in [1.54, 1.807) is 0 Å². The van der Waals surface area contributed by atoms with E-state index in [1.165, 1.54) is 4.90 Å². The van der Waals surface area contributed by atoms with Crippen molar-refractivity contribution in [3.05, 3.63) is 0 Å². The van der Waals surface area contributed by atoms with E-state index < -0.39 is 11.6 Å². The predicted octanol–water partition coefficient (Wildman–Crippen LogP) is 0.979. The van der Waals surface area contributed by atoms with Crippen LogP contribution in [0.4, 0.5) is 4.79 Å². The summed E-state index contributed by atoms with van der Waals surface area (Å²) in [6, 6.07) is -0.463. The molecule has 4 N–H and O–H groups in total. The number of primary amides is 1. The molecule has 0 aromatic carbocycles. The fourth-order valence-corrected chi connectivity index (χ4v) is 3.35. The molecule has 1 saturated heterocycles. The molecule has 0 spiro atoms. The Morgan fingerprint density at radius 3 is 2.48 bits per heavy atom. The van der Waals surface area contributed by atoms with Crippen LogP contribution in [-0.4, -0.2) is 47.2 Å². The summed E-state index contributed by atoms with van der Waals surface area (Å²) in [6.07, 6.45) is 7.44. The van der Waals surface area contributed by atoms with E-state index in [-0.39, 0.29) is 11.8 Å². The summed E-state index contributed by atoms with van der Waals surface area (Å²) in [7, 11) is 0. The Hall–Kier alpha value is -1.30. The number of nitrogens with two attached hydrogens (primary N) is 1. The molecule has 0 aromatic rings. The quantitative estimate of drug-likeness (QED) is 0.678. The number of hydrogen-bond acceptors (Lipinski definition) is 3. The second-order valence-corrected chi connectivity index (χ2v) is 6.48. The van der Waals surface area contributed by atoms with Crippen molar-refractivity contribution >= 4 is 11.9 Å². The Labute approximate surface area is 126 Å². The molecule has 2 rings (SSSR count). The summed E-state index contributed by atoms with van der Waals surface area (Å²) in [5, 5.41) is 13.4. The highest BCUT2D eigenvalue weighted by Crippen LogP contribution is 2.26. The highest BCUT2D eigenvalue weighted by molar-refractivity contribution is 5.80. The molecule has 1 heterocycles. The average Bonchev–Trinajstić information content (AvgIpc) is 2.70. The van der Waals surface area contributed by atoms with E-state index in [4.69, 9.17) is 5.73 Å². The summed E-state index contributed by atoms with van der Waals surface area (Å²) in [6.45, 7) is 1.33. The van der Waals surface area contributed by atoms with Crippen LogP contribution in [0.3, 0.4) is 0 Å². The van der Waals surface area contributed by atoms with Crippen LogP contribution in [0, 0.1) is 5.92 Å². The monoisotopic (exact) mass is 297 g/mol. The first-order valence-electron chi connectivity index (χ1n) is 8.05. The van der Waals surface area contributed by atoms with E-state index in [2.05, 4.69) is 5.32 Å². The number of piperidine rings is 1. The van der Waals surface area contributed by atoms with Crippen molar-refractivity contribution in [3.63, 3.8) is 0 Å². The minimum absolute atomic E-state index is 0.0707. The van der Waals surface area contributed by atoms with Crippen LogP contribution in [0.5, 0.6) is 0 Å². The largest absolute Gasteiger partial charge is 0.388 e. The first-order chi connectivity index (χ1) is 10.0. The van der Waals surface area contributed by atoms with Crippen molar-refractivity contribution in [1.82, 2.24) is 10.2 Å². The predicted molar refractivity (Wildman–Crippen MR) is 79.5 cm³/mol. The van der Waals surface area contributed by atoms with Gasteiger partial charge in [0.15, 0.2) is 0 Å². The van der Waals surface area contributed by atoms with Gasteiger partial charge in [0.25, 0.3) is 0 Å². The van der Waals surface area contributed by atoms with Gasteiger partial charge in [-0.25, -0.2) is 4.79 Å². The summed E-state index contributed by atoms with van der Waals surface area (Å²) < 4.78 is 0. The Morgan fingerprint density at radius 2 is 1.86 bits per heavy atom. The van der Waals surface area contributed by atoms with Crippen molar-refractivity contribution in [2.75, 3.05) is 19.6 Å². The first-order valence-corrected chi connectivity index (χ1v) is 8.05. The van der Waals surface area contributed by atoms with Gasteiger partial charge in [-0.3, -0.25) is 4.79 Å². The standard InChI is InChI=1S/C15H27N3O3/c16-14(20)18-9-5-6-12(10-18)13(19)17-11-15(21)7-3-1-2-4-8-15/h12,21H,1-11H2,(H2,16,20)(H,17,19). The number of carbonyl (C=O) groups is 2. The van der Waals surface area contributed by atoms with Crippen molar-refractivity contribution in [3.8, 4) is 0 Å². The number of likely N-dealkylation sites (tertiary alicyclic amines) is 1. The van der Waals surface area contributed by atoms with E-state index >= 15 is 0 Å². The molecule has 6 heteroatoms. The second-order valence-electron chi connectivity index (χ2n) is 6.48. The maximum atomic E-state index is 12.2. The molecule has 0 radical (unpaired) electrons. The van der Waals surface area contributed by atoms with Gasteiger partial charge in [0.2, 0.25) is 5.91 Å². The van der Waals surface area contributed by atoms with E-state index in [0.29, 0.717) is 19.6 Å². The van der Waals surface area contributed by atoms with Crippen LogP contribution < -0.4 is 11.1 Å². The third-order valence-corrected chi connectivity index (χ3v) is 4.73. The van der Waals surface area contributed by atoms with Gasteiger partial charge in [-0.05, 0) is 25.7 Å². The smallest absolute Gasteiger partial charge is 0.314 e. The Bertz CT molecular complexity index is 378. The Morgan fingerprint density at radius 1 is 1.19 bits per heavy atom. The summed E-state index contributed by atoms with van der Waals surface area (Å²) in [5.41, 5.74) is 4.51. The highest BCUT2D eigenvalue weighted by Gasteiger charge is 2.31. The van der Waals surface area contributed by atoms with Gasteiger partial charge in [-0.15, -0.1) is 0 Å². The third kappa shape index (κ3) is 4.59. The average molecular weight is 297 g/mol. The molecule has 120 valence electrons. The van der Waals surface area contributed by atoms with Crippen LogP contribution in [0.15, 0.2) is 0 Å². The number of aliphatic hydroxyl groups is 1. The van der Waals surface area contributed by atoms with Crippen molar-refractivity contribution in [2.45, 2.75) is 57.0 Å². The lowest BCUT2D eigenvalue weighted by Gasteiger charge is -2.32. The van der Waals surface area contributed by atoms with Gasteiger partial charge < -0.3 is 21.1 Å². The molecular formula is C15H27N3O3. The van der Waals surface area contributed by atoms with Gasteiger partial charge in [0, 0.05) is 19.6 Å². The molecule has 2 fully saturated rings. The van der Waals surface area contributed by atoms with E-state index in [0.717, 1.165) is 51.4 Å². The normalized spacial score (nSPS) is 26.0. The lowest BCUT2D eigenvalue weighted by Crippen LogP contribution is -2.50. The summed E-state index contributed by atoms with van der Waals surface area (Å²) >= 11 is 0. The van der Waals surface area contributed by atoms with Crippen LogP contribution in [0.2, 0.25) is 0 Å². The fraction of sp³-hybridized carbons (Fsp3) is 0.867. The van der Waals surface area contributed by atoms with Gasteiger partial charge >= 0.3 is 6.03 Å². The number of urea groups is 1. The summed E-state index contributed by atoms with van der Waals surface area (Å²) in [4.78, 5) is 25.0. The molecular weight excluding hydrogens is 270 g/mol. The zero-order chi connectivity index (χ0) is 15.3. The van der Waals surface area contributed by atoms with Crippen LogP contribution >= 0.6 is 0 Å². The van der Waals surface area contributed by atoms with Crippen molar-refractivity contribution in [2.24, 2.45) is 11.7 Å². The molecule has 21 heavy (non-hydrogen) atoms. The highest BCUT2D eigenvalue weighted by atomic mass is 16.3.